The van der Waals surface area contributed by atoms with E-state index in [0.29, 0.717) is 0 Å². The Morgan fingerprint density at radius 1 is 1.28 bits per heavy atom. The zero-order chi connectivity index (χ0) is 12.7. The quantitative estimate of drug-likeness (QED) is 0.663. The lowest BCUT2D eigenvalue weighted by atomic mass is 10.0. The molecule has 18 heavy (non-hydrogen) atoms. The van der Waals surface area contributed by atoms with Gasteiger partial charge in [0.15, 0.2) is 4.67 Å². The summed E-state index contributed by atoms with van der Waals surface area (Å²) in [6.07, 6.45) is 2.56. The summed E-state index contributed by atoms with van der Waals surface area (Å²) >= 11 is 13.2. The Kier molecular flexibility index (Phi) is 3.43. The van der Waals surface area contributed by atoms with Crippen LogP contribution in [0.1, 0.15) is 21.5 Å². The summed E-state index contributed by atoms with van der Waals surface area (Å²) in [7, 11) is 0. The molecule has 1 atom stereocenters. The highest BCUT2D eigenvalue weighted by molar-refractivity contribution is 9.10. The molecule has 5 heteroatoms. The fraction of sp³-hybridized carbons (Fsp3) is 0.231. The lowest BCUT2D eigenvalue weighted by molar-refractivity contribution is 0.354. The van der Waals surface area contributed by atoms with Gasteiger partial charge in [0.25, 0.3) is 0 Å². The Morgan fingerprint density at radius 2 is 2.11 bits per heavy atom. The smallest absolute Gasteiger partial charge is 0.173 e. The largest absolute Gasteiger partial charge is 0.493 e. The molecule has 0 aliphatic carbocycles. The molecule has 0 spiro atoms. The van der Waals surface area contributed by atoms with E-state index >= 15 is 0 Å². The summed E-state index contributed by atoms with van der Waals surface area (Å²) < 4.78 is 11.7. The van der Waals surface area contributed by atoms with Gasteiger partial charge in [-0.25, -0.2) is 0 Å². The fourth-order valence-electron chi connectivity index (χ4n) is 2.14. The SMILES string of the molecule is Clc1cc2c(c(C(Br)c3ccoc3Br)c1)OCC2. The molecule has 1 unspecified atom stereocenters. The first-order valence-corrected chi connectivity index (χ1v) is 7.57. The molecule has 0 saturated heterocycles. The van der Waals surface area contributed by atoms with E-state index in [1.54, 1.807) is 6.26 Å². The number of hydrogen-bond acceptors (Lipinski definition) is 2. The predicted octanol–water partition coefficient (Wildman–Crippen LogP) is 5.11. The molecule has 3 rings (SSSR count). The number of hydrogen-bond donors (Lipinski definition) is 0. The van der Waals surface area contributed by atoms with Crippen LogP contribution in [0.4, 0.5) is 0 Å². The van der Waals surface area contributed by atoms with Gasteiger partial charge in [0.1, 0.15) is 5.75 Å². The molecule has 0 radical (unpaired) electrons. The number of halogens is 3. The van der Waals surface area contributed by atoms with Crippen molar-refractivity contribution in [1.82, 2.24) is 0 Å². The van der Waals surface area contributed by atoms with Gasteiger partial charge in [-0.3, -0.25) is 0 Å². The second kappa shape index (κ2) is 4.91. The van der Waals surface area contributed by atoms with Crippen molar-refractivity contribution < 1.29 is 9.15 Å². The molecule has 1 aliphatic heterocycles. The molecule has 94 valence electrons. The number of rotatable bonds is 2. The standard InChI is InChI=1S/C13H9Br2ClO2/c14-11(9-2-4-18-13(9)15)10-6-8(16)5-7-1-3-17-12(7)10/h2,4-6,11H,1,3H2. The van der Waals surface area contributed by atoms with Crippen LogP contribution in [0, 0.1) is 0 Å². The number of ether oxygens (including phenoxy) is 1. The van der Waals surface area contributed by atoms with Gasteiger partial charge in [-0.05, 0) is 39.7 Å². The average Bonchev–Trinajstić information content (AvgIpc) is 2.95. The Balaban J connectivity index is 2.10. The molecule has 2 heterocycles. The van der Waals surface area contributed by atoms with Crippen molar-refractivity contribution in [3.8, 4) is 5.75 Å². The minimum absolute atomic E-state index is 0.00354. The molecule has 1 aliphatic rings. The highest BCUT2D eigenvalue weighted by atomic mass is 79.9. The first kappa shape index (κ1) is 12.6. The molecule has 0 amide bonds. The molecule has 0 bridgehead atoms. The van der Waals surface area contributed by atoms with E-state index in [4.69, 9.17) is 20.8 Å². The van der Waals surface area contributed by atoms with Crippen molar-refractivity contribution in [2.24, 2.45) is 0 Å². The minimum Gasteiger partial charge on any atom is -0.493 e. The minimum atomic E-state index is -0.00354. The lowest BCUT2D eigenvalue weighted by Gasteiger charge is -2.14. The first-order chi connectivity index (χ1) is 8.66. The third kappa shape index (κ3) is 2.10. The number of furan rings is 1. The van der Waals surface area contributed by atoms with Crippen LogP contribution in [0.25, 0.3) is 0 Å². The van der Waals surface area contributed by atoms with Gasteiger partial charge in [0, 0.05) is 22.6 Å². The van der Waals surface area contributed by atoms with Crippen LogP contribution in [0.3, 0.4) is 0 Å². The Morgan fingerprint density at radius 3 is 2.83 bits per heavy atom. The normalized spacial score (nSPS) is 15.3. The molecule has 0 fully saturated rings. The summed E-state index contributed by atoms with van der Waals surface area (Å²) in [5.74, 6) is 0.939. The van der Waals surface area contributed by atoms with E-state index in [1.165, 1.54) is 5.56 Å². The van der Waals surface area contributed by atoms with Crippen LogP contribution in [0.2, 0.25) is 5.02 Å². The van der Waals surface area contributed by atoms with Gasteiger partial charge in [-0.1, -0.05) is 27.5 Å². The van der Waals surface area contributed by atoms with E-state index in [-0.39, 0.29) is 4.83 Å². The van der Waals surface area contributed by atoms with Gasteiger partial charge in [0.05, 0.1) is 17.7 Å². The van der Waals surface area contributed by atoms with Gasteiger partial charge >= 0.3 is 0 Å². The molecule has 2 aromatic rings. The zero-order valence-electron chi connectivity index (χ0n) is 9.25. The third-order valence-electron chi connectivity index (χ3n) is 2.97. The van der Waals surface area contributed by atoms with Crippen molar-refractivity contribution in [3.63, 3.8) is 0 Å². The van der Waals surface area contributed by atoms with E-state index in [1.807, 2.05) is 18.2 Å². The first-order valence-electron chi connectivity index (χ1n) is 5.49. The maximum absolute atomic E-state index is 6.16. The van der Waals surface area contributed by atoms with Crippen molar-refractivity contribution in [3.05, 3.63) is 50.8 Å². The van der Waals surface area contributed by atoms with E-state index in [9.17, 15) is 0 Å². The van der Waals surface area contributed by atoms with Gasteiger partial charge in [0.2, 0.25) is 0 Å². The van der Waals surface area contributed by atoms with Gasteiger partial charge in [-0.2, -0.15) is 0 Å². The van der Waals surface area contributed by atoms with Crippen molar-refractivity contribution in [2.45, 2.75) is 11.2 Å². The average molecular weight is 392 g/mol. The van der Waals surface area contributed by atoms with Crippen LogP contribution >= 0.6 is 43.5 Å². The fourth-order valence-corrected chi connectivity index (χ4v) is 3.86. The Hall–Kier alpha value is -0.450. The van der Waals surface area contributed by atoms with Gasteiger partial charge < -0.3 is 9.15 Å². The van der Waals surface area contributed by atoms with E-state index < -0.39 is 0 Å². The molecule has 1 aromatic heterocycles. The lowest BCUT2D eigenvalue weighted by Crippen LogP contribution is -1.96. The van der Waals surface area contributed by atoms with Crippen LogP contribution < -0.4 is 4.74 Å². The number of alkyl halides is 1. The maximum Gasteiger partial charge on any atom is 0.173 e. The molecular weight excluding hydrogens is 383 g/mol. The Bertz CT molecular complexity index is 595. The second-order valence-electron chi connectivity index (χ2n) is 4.09. The molecule has 2 nitrogen and oxygen atoms in total. The summed E-state index contributed by atoms with van der Waals surface area (Å²) in [6, 6.07) is 5.83. The van der Waals surface area contributed by atoms with Crippen molar-refractivity contribution in [2.75, 3.05) is 6.61 Å². The molecular formula is C13H9Br2ClO2. The summed E-state index contributed by atoms with van der Waals surface area (Å²) in [5, 5.41) is 0.735. The monoisotopic (exact) mass is 390 g/mol. The maximum atomic E-state index is 6.16. The van der Waals surface area contributed by atoms with Crippen LogP contribution in [-0.4, -0.2) is 6.61 Å². The van der Waals surface area contributed by atoms with Crippen LogP contribution in [0.5, 0.6) is 5.75 Å². The van der Waals surface area contributed by atoms with Gasteiger partial charge in [-0.15, -0.1) is 0 Å². The Labute approximate surface area is 127 Å². The predicted molar refractivity (Wildman–Crippen MR) is 77.8 cm³/mol. The summed E-state index contributed by atoms with van der Waals surface area (Å²) in [4.78, 5) is -0.00354. The molecule has 0 N–H and O–H groups in total. The second-order valence-corrected chi connectivity index (χ2v) is 6.17. The number of fused-ring (bicyclic) bond motifs is 1. The number of benzene rings is 1. The van der Waals surface area contributed by atoms with Crippen molar-refractivity contribution in [1.29, 1.82) is 0 Å². The zero-order valence-corrected chi connectivity index (χ0v) is 13.2. The topological polar surface area (TPSA) is 22.4 Å². The highest BCUT2D eigenvalue weighted by Gasteiger charge is 2.25. The summed E-state index contributed by atoms with van der Waals surface area (Å²) in [5.41, 5.74) is 3.23. The highest BCUT2D eigenvalue weighted by Crippen LogP contribution is 2.44. The van der Waals surface area contributed by atoms with E-state index in [2.05, 4.69) is 31.9 Å². The summed E-state index contributed by atoms with van der Waals surface area (Å²) in [6.45, 7) is 0.717. The van der Waals surface area contributed by atoms with Crippen LogP contribution in [0.15, 0.2) is 33.5 Å². The van der Waals surface area contributed by atoms with E-state index in [0.717, 1.165) is 39.6 Å². The third-order valence-corrected chi connectivity index (χ3v) is 4.82. The molecule has 1 aromatic carbocycles. The van der Waals surface area contributed by atoms with Crippen molar-refractivity contribution >= 4 is 43.5 Å². The van der Waals surface area contributed by atoms with Crippen LogP contribution in [-0.2, 0) is 6.42 Å². The molecule has 0 saturated carbocycles.